The van der Waals surface area contributed by atoms with Crippen LogP contribution in [-0.4, -0.2) is 49.6 Å². The number of carbonyl (C=O) groups is 1. The molecule has 0 bridgehead atoms. The number of nitrogens with zero attached hydrogens (tertiary/aromatic N) is 1. The second kappa shape index (κ2) is 6.45. The molecule has 2 fully saturated rings. The monoisotopic (exact) mass is 289 g/mol. The first kappa shape index (κ1) is 14.4. The number of methoxy groups -OCH3 is 1. The molecule has 2 aliphatic rings. The molecule has 3 rings (SSSR count). The normalized spacial score (nSPS) is 22.2. The minimum Gasteiger partial charge on any atom is -0.497 e. The molecule has 114 valence electrons. The third-order valence-corrected chi connectivity index (χ3v) is 4.19. The zero-order chi connectivity index (χ0) is 14.7. The molecule has 1 atom stereocenters. The Kier molecular flexibility index (Phi) is 4.41. The molecule has 2 N–H and O–H groups in total. The molecule has 0 aromatic heterocycles. The van der Waals surface area contributed by atoms with Gasteiger partial charge < -0.3 is 15.4 Å². The van der Waals surface area contributed by atoms with Crippen molar-refractivity contribution in [3.8, 4) is 5.75 Å². The van der Waals surface area contributed by atoms with Crippen molar-refractivity contribution in [1.82, 2.24) is 10.2 Å². The SMILES string of the molecule is COc1cccc(NC(=O)CNC2CCN(C3CC3)C2)c1. The van der Waals surface area contributed by atoms with E-state index in [0.717, 1.165) is 30.4 Å². The van der Waals surface area contributed by atoms with Crippen LogP contribution in [0.1, 0.15) is 19.3 Å². The molecule has 1 amide bonds. The van der Waals surface area contributed by atoms with Crippen molar-refractivity contribution in [3.63, 3.8) is 0 Å². The Hall–Kier alpha value is -1.59. The van der Waals surface area contributed by atoms with Gasteiger partial charge in [0, 0.05) is 36.9 Å². The molecule has 1 saturated heterocycles. The van der Waals surface area contributed by atoms with Crippen LogP contribution in [0.15, 0.2) is 24.3 Å². The van der Waals surface area contributed by atoms with Crippen molar-refractivity contribution in [2.24, 2.45) is 0 Å². The van der Waals surface area contributed by atoms with Gasteiger partial charge >= 0.3 is 0 Å². The van der Waals surface area contributed by atoms with Crippen LogP contribution >= 0.6 is 0 Å². The smallest absolute Gasteiger partial charge is 0.238 e. The van der Waals surface area contributed by atoms with Gasteiger partial charge in [-0.15, -0.1) is 0 Å². The predicted molar refractivity (Wildman–Crippen MR) is 82.6 cm³/mol. The van der Waals surface area contributed by atoms with Crippen LogP contribution in [0.4, 0.5) is 5.69 Å². The first-order valence-corrected chi connectivity index (χ1v) is 7.66. The van der Waals surface area contributed by atoms with Crippen LogP contribution in [0.3, 0.4) is 0 Å². The Balaban J connectivity index is 1.41. The van der Waals surface area contributed by atoms with E-state index in [1.54, 1.807) is 7.11 Å². The number of rotatable bonds is 6. The van der Waals surface area contributed by atoms with Gasteiger partial charge in [-0.25, -0.2) is 0 Å². The second-order valence-corrected chi connectivity index (χ2v) is 5.87. The van der Waals surface area contributed by atoms with Crippen molar-refractivity contribution in [1.29, 1.82) is 0 Å². The fraction of sp³-hybridized carbons (Fsp3) is 0.562. The molecule has 1 aliphatic carbocycles. The summed E-state index contributed by atoms with van der Waals surface area (Å²) in [6.07, 6.45) is 3.84. The number of anilines is 1. The van der Waals surface area contributed by atoms with Crippen LogP contribution < -0.4 is 15.4 Å². The van der Waals surface area contributed by atoms with E-state index in [1.807, 2.05) is 24.3 Å². The van der Waals surface area contributed by atoms with E-state index < -0.39 is 0 Å². The van der Waals surface area contributed by atoms with Crippen LogP contribution in [-0.2, 0) is 4.79 Å². The molecular weight excluding hydrogens is 266 g/mol. The molecule has 21 heavy (non-hydrogen) atoms. The lowest BCUT2D eigenvalue weighted by atomic mass is 10.2. The zero-order valence-electron chi connectivity index (χ0n) is 12.5. The molecule has 1 unspecified atom stereocenters. The third-order valence-electron chi connectivity index (χ3n) is 4.19. The minimum absolute atomic E-state index is 0.00637. The van der Waals surface area contributed by atoms with Gasteiger partial charge in [-0.3, -0.25) is 9.69 Å². The van der Waals surface area contributed by atoms with Gasteiger partial charge in [-0.1, -0.05) is 6.07 Å². The lowest BCUT2D eigenvalue weighted by Crippen LogP contribution is -2.38. The topological polar surface area (TPSA) is 53.6 Å². The van der Waals surface area contributed by atoms with Gasteiger partial charge in [0.15, 0.2) is 0 Å². The van der Waals surface area contributed by atoms with Gasteiger partial charge in [0.05, 0.1) is 13.7 Å². The van der Waals surface area contributed by atoms with Gasteiger partial charge in [0.1, 0.15) is 5.75 Å². The molecule has 5 nitrogen and oxygen atoms in total. The molecule has 5 heteroatoms. The van der Waals surface area contributed by atoms with Gasteiger partial charge in [-0.2, -0.15) is 0 Å². The molecule has 0 spiro atoms. The van der Waals surface area contributed by atoms with Crippen molar-refractivity contribution in [2.75, 3.05) is 32.1 Å². The Morgan fingerprint density at radius 1 is 1.38 bits per heavy atom. The lowest BCUT2D eigenvalue weighted by Gasteiger charge is -2.15. The summed E-state index contributed by atoms with van der Waals surface area (Å²) in [6, 6.07) is 8.68. The van der Waals surface area contributed by atoms with Crippen LogP contribution in [0.5, 0.6) is 5.75 Å². The van der Waals surface area contributed by atoms with Crippen LogP contribution in [0.25, 0.3) is 0 Å². The van der Waals surface area contributed by atoms with E-state index in [1.165, 1.54) is 19.4 Å². The highest BCUT2D eigenvalue weighted by Gasteiger charge is 2.34. The molecule has 1 aromatic carbocycles. The maximum absolute atomic E-state index is 12.0. The fourth-order valence-electron chi connectivity index (χ4n) is 2.87. The highest BCUT2D eigenvalue weighted by molar-refractivity contribution is 5.92. The van der Waals surface area contributed by atoms with Gasteiger partial charge in [-0.05, 0) is 31.4 Å². The standard InChI is InChI=1S/C16H23N3O2/c1-21-15-4-2-3-12(9-15)18-16(20)10-17-13-7-8-19(11-13)14-5-6-14/h2-4,9,13-14,17H,5-8,10-11H2,1H3,(H,18,20). The quantitative estimate of drug-likeness (QED) is 0.832. The average molecular weight is 289 g/mol. The van der Waals surface area contributed by atoms with E-state index in [4.69, 9.17) is 4.74 Å². The van der Waals surface area contributed by atoms with E-state index in [9.17, 15) is 4.79 Å². The number of hydrogen-bond acceptors (Lipinski definition) is 4. The summed E-state index contributed by atoms with van der Waals surface area (Å²) in [5.74, 6) is 0.741. The first-order valence-electron chi connectivity index (χ1n) is 7.66. The van der Waals surface area contributed by atoms with Crippen molar-refractivity contribution in [2.45, 2.75) is 31.3 Å². The maximum atomic E-state index is 12.0. The number of ether oxygens (including phenoxy) is 1. The number of nitrogens with one attached hydrogen (secondary N) is 2. The molecular formula is C16H23N3O2. The molecule has 1 aliphatic heterocycles. The largest absolute Gasteiger partial charge is 0.497 e. The minimum atomic E-state index is -0.00637. The summed E-state index contributed by atoms with van der Waals surface area (Å²) < 4.78 is 5.15. The average Bonchev–Trinajstić information content (AvgIpc) is 3.24. The van der Waals surface area contributed by atoms with Crippen molar-refractivity contribution < 1.29 is 9.53 Å². The van der Waals surface area contributed by atoms with Crippen molar-refractivity contribution >= 4 is 11.6 Å². The summed E-state index contributed by atoms with van der Waals surface area (Å²) in [5, 5.41) is 6.25. The summed E-state index contributed by atoms with van der Waals surface area (Å²) in [6.45, 7) is 2.61. The lowest BCUT2D eigenvalue weighted by molar-refractivity contribution is -0.115. The molecule has 0 radical (unpaired) electrons. The van der Waals surface area contributed by atoms with Crippen LogP contribution in [0, 0.1) is 0 Å². The summed E-state index contributed by atoms with van der Waals surface area (Å²) in [4.78, 5) is 14.5. The highest BCUT2D eigenvalue weighted by Crippen LogP contribution is 2.29. The Labute approximate surface area is 125 Å². The number of carbonyl (C=O) groups excluding carboxylic acids is 1. The van der Waals surface area contributed by atoms with Crippen LogP contribution in [0.2, 0.25) is 0 Å². The van der Waals surface area contributed by atoms with E-state index in [2.05, 4.69) is 15.5 Å². The molecule has 1 aromatic rings. The van der Waals surface area contributed by atoms with E-state index in [0.29, 0.717) is 12.6 Å². The van der Waals surface area contributed by atoms with Gasteiger partial charge in [0.2, 0.25) is 5.91 Å². The number of hydrogen-bond donors (Lipinski definition) is 2. The maximum Gasteiger partial charge on any atom is 0.238 e. The van der Waals surface area contributed by atoms with E-state index in [-0.39, 0.29) is 5.91 Å². The number of benzene rings is 1. The van der Waals surface area contributed by atoms with Gasteiger partial charge in [0.25, 0.3) is 0 Å². The summed E-state index contributed by atoms with van der Waals surface area (Å²) in [5.41, 5.74) is 0.771. The highest BCUT2D eigenvalue weighted by atomic mass is 16.5. The number of likely N-dealkylation sites (tertiary alicyclic amines) is 1. The van der Waals surface area contributed by atoms with Crippen molar-refractivity contribution in [3.05, 3.63) is 24.3 Å². The molecule has 1 heterocycles. The number of amides is 1. The zero-order valence-corrected chi connectivity index (χ0v) is 12.5. The fourth-order valence-corrected chi connectivity index (χ4v) is 2.87. The Bertz CT molecular complexity index is 502. The predicted octanol–water partition coefficient (Wildman–Crippen LogP) is 1.46. The summed E-state index contributed by atoms with van der Waals surface area (Å²) >= 11 is 0. The second-order valence-electron chi connectivity index (χ2n) is 5.87. The third kappa shape index (κ3) is 3.95. The first-order chi connectivity index (χ1) is 10.2. The Morgan fingerprint density at radius 3 is 3.00 bits per heavy atom. The Morgan fingerprint density at radius 2 is 2.24 bits per heavy atom. The molecule has 1 saturated carbocycles. The summed E-state index contributed by atoms with van der Waals surface area (Å²) in [7, 11) is 1.62. The van der Waals surface area contributed by atoms with E-state index >= 15 is 0 Å².